The number of thiocarbonyl (C=S) groups is 1. The molecule has 1 fully saturated rings. The number of rotatable bonds is 2. The Morgan fingerprint density at radius 3 is 2.83 bits per heavy atom. The maximum Gasteiger partial charge on any atom is 0.179 e. The van der Waals surface area contributed by atoms with Crippen LogP contribution in [0.4, 0.5) is 11.4 Å². The molecule has 4 nitrogen and oxygen atoms in total. The van der Waals surface area contributed by atoms with Crippen LogP contribution in [0.15, 0.2) is 59.6 Å². The van der Waals surface area contributed by atoms with Gasteiger partial charge in [0.1, 0.15) is 0 Å². The second kappa shape index (κ2) is 7.27. The number of nitrogens with one attached hydrogen (secondary N) is 1. The number of nitrogens with zero attached hydrogens (tertiary/aromatic N) is 3. The number of aliphatic imine (C=N–C) groups is 1. The van der Waals surface area contributed by atoms with Crippen LogP contribution in [0.2, 0.25) is 0 Å². The molecule has 3 rings (SSSR count). The van der Waals surface area contributed by atoms with E-state index in [2.05, 4.69) is 16.4 Å². The van der Waals surface area contributed by atoms with Gasteiger partial charge in [0.05, 0.1) is 17.3 Å². The van der Waals surface area contributed by atoms with Crippen molar-refractivity contribution in [3.05, 3.63) is 60.2 Å². The third-order valence-electron chi connectivity index (χ3n) is 3.25. The van der Waals surface area contributed by atoms with Gasteiger partial charge in [0.15, 0.2) is 10.3 Å². The van der Waals surface area contributed by atoms with Crippen molar-refractivity contribution in [2.75, 3.05) is 17.6 Å². The minimum atomic E-state index is 0.597. The first kappa shape index (κ1) is 15.5. The summed E-state index contributed by atoms with van der Waals surface area (Å²) < 4.78 is 0. The molecule has 2 aromatic carbocycles. The lowest BCUT2D eigenvalue weighted by molar-refractivity contribution is 0.687. The van der Waals surface area contributed by atoms with Crippen molar-refractivity contribution >= 4 is 45.6 Å². The van der Waals surface area contributed by atoms with E-state index in [1.807, 2.05) is 47.4 Å². The Morgan fingerprint density at radius 2 is 2.04 bits per heavy atom. The van der Waals surface area contributed by atoms with Gasteiger partial charge >= 0.3 is 0 Å². The smallest absolute Gasteiger partial charge is 0.179 e. The molecule has 114 valence electrons. The van der Waals surface area contributed by atoms with E-state index in [0.29, 0.717) is 10.7 Å². The standard InChI is InChI=1S/C17H14N4S2/c18-12-13-5-4-8-15(11-13)19-16(22)21-9-10-23-17(21)20-14-6-2-1-3-7-14/h1-8,11H,9-10H2,(H,19,22)/b20-17+. The third-order valence-corrected chi connectivity index (χ3v) is 4.53. The Bertz CT molecular complexity index is 781. The monoisotopic (exact) mass is 338 g/mol. The molecule has 1 saturated heterocycles. The van der Waals surface area contributed by atoms with Crippen LogP contribution >= 0.6 is 24.0 Å². The van der Waals surface area contributed by atoms with Gasteiger partial charge in [0.2, 0.25) is 0 Å². The molecule has 1 aliphatic rings. The van der Waals surface area contributed by atoms with E-state index in [4.69, 9.17) is 17.5 Å². The number of benzene rings is 2. The highest BCUT2D eigenvalue weighted by molar-refractivity contribution is 8.14. The molecule has 0 aliphatic carbocycles. The first-order valence-electron chi connectivity index (χ1n) is 7.11. The quantitative estimate of drug-likeness (QED) is 0.839. The molecule has 6 heteroatoms. The van der Waals surface area contributed by atoms with Crippen LogP contribution in [0, 0.1) is 11.3 Å². The Kier molecular flexibility index (Phi) is 4.91. The van der Waals surface area contributed by atoms with E-state index in [0.717, 1.165) is 28.8 Å². The lowest BCUT2D eigenvalue weighted by Crippen LogP contribution is -2.35. The molecular weight excluding hydrogens is 324 g/mol. The molecule has 1 heterocycles. The third kappa shape index (κ3) is 3.89. The van der Waals surface area contributed by atoms with Gasteiger partial charge in [-0.25, -0.2) is 4.99 Å². The average molecular weight is 338 g/mol. The molecule has 0 radical (unpaired) electrons. The van der Waals surface area contributed by atoms with Crippen molar-refractivity contribution in [3.63, 3.8) is 0 Å². The van der Waals surface area contributed by atoms with Crippen molar-refractivity contribution in [1.82, 2.24) is 4.90 Å². The molecule has 0 saturated carbocycles. The second-order valence-electron chi connectivity index (χ2n) is 4.85. The summed E-state index contributed by atoms with van der Waals surface area (Å²) in [6, 6.07) is 19.2. The van der Waals surface area contributed by atoms with Crippen molar-refractivity contribution in [2.45, 2.75) is 0 Å². The largest absolute Gasteiger partial charge is 0.332 e. The summed E-state index contributed by atoms with van der Waals surface area (Å²) in [5.74, 6) is 0.950. The lowest BCUT2D eigenvalue weighted by Gasteiger charge is -2.20. The van der Waals surface area contributed by atoms with E-state index in [9.17, 15) is 0 Å². The van der Waals surface area contributed by atoms with E-state index in [1.54, 1.807) is 23.9 Å². The fraction of sp³-hybridized carbons (Fsp3) is 0.118. The predicted molar refractivity (Wildman–Crippen MR) is 100 cm³/mol. The second-order valence-corrected chi connectivity index (χ2v) is 6.30. The van der Waals surface area contributed by atoms with Crippen molar-refractivity contribution in [1.29, 1.82) is 5.26 Å². The van der Waals surface area contributed by atoms with Crippen LogP contribution in [-0.4, -0.2) is 27.5 Å². The first-order valence-corrected chi connectivity index (χ1v) is 8.51. The summed E-state index contributed by atoms with van der Waals surface area (Å²) in [6.45, 7) is 0.820. The van der Waals surface area contributed by atoms with Crippen LogP contribution in [0.3, 0.4) is 0 Å². The van der Waals surface area contributed by atoms with Crippen LogP contribution in [0.5, 0.6) is 0 Å². The molecule has 0 aromatic heterocycles. The molecule has 0 spiro atoms. The number of thioether (sulfide) groups is 1. The van der Waals surface area contributed by atoms with Gasteiger partial charge in [-0.3, -0.25) is 4.90 Å². The van der Waals surface area contributed by atoms with E-state index >= 15 is 0 Å². The Hall–Kier alpha value is -2.36. The van der Waals surface area contributed by atoms with E-state index in [-0.39, 0.29) is 0 Å². The van der Waals surface area contributed by atoms with Gasteiger partial charge in [-0.05, 0) is 42.5 Å². The first-order chi connectivity index (χ1) is 11.3. The summed E-state index contributed by atoms with van der Waals surface area (Å²) in [5, 5.41) is 13.6. The van der Waals surface area contributed by atoms with Gasteiger partial charge in [-0.15, -0.1) is 0 Å². The zero-order chi connectivity index (χ0) is 16.1. The molecule has 1 aliphatic heterocycles. The maximum absolute atomic E-state index is 8.97. The molecule has 0 unspecified atom stereocenters. The summed E-state index contributed by atoms with van der Waals surface area (Å²) in [4.78, 5) is 6.65. The number of hydrogen-bond acceptors (Lipinski definition) is 4. The zero-order valence-electron chi connectivity index (χ0n) is 12.3. The minimum Gasteiger partial charge on any atom is -0.332 e. The normalized spacial score (nSPS) is 15.4. The number of hydrogen-bond donors (Lipinski definition) is 1. The fourth-order valence-electron chi connectivity index (χ4n) is 2.15. The molecule has 0 atom stereocenters. The van der Waals surface area contributed by atoms with Crippen LogP contribution in [-0.2, 0) is 0 Å². The molecular formula is C17H14N4S2. The number of para-hydroxylation sites is 1. The number of nitriles is 1. The van der Waals surface area contributed by atoms with Crippen molar-refractivity contribution in [3.8, 4) is 6.07 Å². The van der Waals surface area contributed by atoms with Crippen LogP contribution < -0.4 is 5.32 Å². The topological polar surface area (TPSA) is 51.4 Å². The van der Waals surface area contributed by atoms with Gasteiger partial charge in [-0.1, -0.05) is 36.0 Å². The molecule has 1 N–H and O–H groups in total. The van der Waals surface area contributed by atoms with Crippen molar-refractivity contribution in [2.24, 2.45) is 4.99 Å². The van der Waals surface area contributed by atoms with Crippen LogP contribution in [0.25, 0.3) is 0 Å². The molecule has 2 aromatic rings. The van der Waals surface area contributed by atoms with Crippen molar-refractivity contribution < 1.29 is 0 Å². The SMILES string of the molecule is N#Cc1cccc(NC(=S)N2CCS/C2=N/c2ccccc2)c1. The van der Waals surface area contributed by atoms with E-state index in [1.165, 1.54) is 0 Å². The molecule has 0 bridgehead atoms. The zero-order valence-corrected chi connectivity index (χ0v) is 13.9. The maximum atomic E-state index is 8.97. The summed E-state index contributed by atoms with van der Waals surface area (Å²) >= 11 is 7.19. The van der Waals surface area contributed by atoms with Gasteiger partial charge in [-0.2, -0.15) is 5.26 Å². The Balaban J connectivity index is 1.76. The molecule has 23 heavy (non-hydrogen) atoms. The summed E-state index contributed by atoms with van der Waals surface area (Å²) in [6.07, 6.45) is 0. The van der Waals surface area contributed by atoms with Crippen LogP contribution in [0.1, 0.15) is 5.56 Å². The minimum absolute atomic E-state index is 0.597. The average Bonchev–Trinajstić information content (AvgIpc) is 3.04. The highest BCUT2D eigenvalue weighted by Gasteiger charge is 2.23. The number of amidine groups is 1. The van der Waals surface area contributed by atoms with Gasteiger partial charge in [0, 0.05) is 18.0 Å². The number of anilines is 1. The highest BCUT2D eigenvalue weighted by atomic mass is 32.2. The Morgan fingerprint density at radius 1 is 1.22 bits per heavy atom. The summed E-state index contributed by atoms with van der Waals surface area (Å²) in [7, 11) is 0. The summed E-state index contributed by atoms with van der Waals surface area (Å²) in [5.41, 5.74) is 2.33. The lowest BCUT2D eigenvalue weighted by atomic mass is 10.2. The van der Waals surface area contributed by atoms with Gasteiger partial charge in [0.25, 0.3) is 0 Å². The fourth-order valence-corrected chi connectivity index (χ4v) is 3.47. The predicted octanol–water partition coefficient (Wildman–Crippen LogP) is 3.99. The van der Waals surface area contributed by atoms with E-state index < -0.39 is 0 Å². The highest BCUT2D eigenvalue weighted by Crippen LogP contribution is 2.23. The van der Waals surface area contributed by atoms with Gasteiger partial charge < -0.3 is 5.32 Å². The molecule has 0 amide bonds. The Labute approximate surface area is 144 Å².